The van der Waals surface area contributed by atoms with E-state index in [0.717, 1.165) is 0 Å². The van der Waals surface area contributed by atoms with E-state index in [1.54, 1.807) is 0 Å². The van der Waals surface area contributed by atoms with Crippen LogP contribution in [0.1, 0.15) is 94.0 Å². The third-order valence-corrected chi connectivity index (χ3v) is 6.46. The van der Waals surface area contributed by atoms with Crippen LogP contribution in [-0.4, -0.2) is 34.0 Å². The van der Waals surface area contributed by atoms with Crippen molar-refractivity contribution in [2.75, 3.05) is 0 Å². The summed E-state index contributed by atoms with van der Waals surface area (Å²) in [7, 11) is 4.50. The van der Waals surface area contributed by atoms with Gasteiger partial charge in [0.1, 0.15) is 0 Å². The molecule has 9 heteroatoms. The molecule has 3 aromatic rings. The van der Waals surface area contributed by atoms with Crippen molar-refractivity contribution in [1.29, 1.82) is 0 Å². The molecule has 0 fully saturated rings. The van der Waals surface area contributed by atoms with E-state index in [9.17, 15) is 14.4 Å². The van der Waals surface area contributed by atoms with Crippen molar-refractivity contribution >= 4 is 34.0 Å². The van der Waals surface area contributed by atoms with Gasteiger partial charge in [-0.15, -0.1) is 0 Å². The van der Waals surface area contributed by atoms with Crippen molar-refractivity contribution in [2.45, 2.75) is 85.4 Å². The standard InChI is InChI=1S/3C11H15NO.CH3B.B.Y.2H2/c3*1-8-3-5-10(6-4-8)9(2)7-11(12)13;1-2;;;;/h3*3-6,9H,7H2,1-2H3,(H2,12,13);1H3;;;2*1H/t2*9-;;;;;;/m10....../s1. The summed E-state index contributed by atoms with van der Waals surface area (Å²) in [6, 6.07) is 24.6. The Morgan fingerprint density at radius 3 is 0.837 bits per heavy atom. The second kappa shape index (κ2) is 24.7. The summed E-state index contributed by atoms with van der Waals surface area (Å²) in [6.07, 6.45) is 1.26. The summed E-state index contributed by atoms with van der Waals surface area (Å²) in [5, 5.41) is 0. The molecule has 3 amide bonds. The van der Waals surface area contributed by atoms with Crippen LogP contribution in [0.3, 0.4) is 0 Å². The molecular weight excluding hydrogens is 609 g/mol. The Hall–Kier alpha value is -2.70. The molecule has 3 atom stereocenters. The average molecular weight is 661 g/mol. The quantitative estimate of drug-likeness (QED) is 0.235. The Morgan fingerprint density at radius 2 is 0.698 bits per heavy atom. The molecule has 3 rings (SSSR count). The smallest absolute Gasteiger partial charge is 0.218 e. The van der Waals surface area contributed by atoms with Crippen LogP contribution < -0.4 is 17.2 Å². The third-order valence-electron chi connectivity index (χ3n) is 6.46. The fourth-order valence-corrected chi connectivity index (χ4v) is 3.94. The van der Waals surface area contributed by atoms with Crippen LogP contribution in [0.15, 0.2) is 72.8 Å². The van der Waals surface area contributed by atoms with E-state index in [1.807, 2.05) is 114 Å². The molecule has 6 radical (unpaired) electrons. The minimum atomic E-state index is -0.243. The van der Waals surface area contributed by atoms with Gasteiger partial charge >= 0.3 is 0 Å². The average Bonchev–Trinajstić information content (AvgIpc) is 2.90. The third kappa shape index (κ3) is 20.8. The van der Waals surface area contributed by atoms with E-state index in [-0.39, 0.29) is 79.5 Å². The van der Waals surface area contributed by atoms with E-state index >= 15 is 0 Å². The van der Waals surface area contributed by atoms with Crippen molar-refractivity contribution in [2.24, 2.45) is 17.2 Å². The molecule has 43 heavy (non-hydrogen) atoms. The number of amides is 3. The van der Waals surface area contributed by atoms with E-state index in [1.165, 1.54) is 40.2 Å². The van der Waals surface area contributed by atoms with Gasteiger partial charge < -0.3 is 17.2 Å². The molecule has 0 bridgehead atoms. The van der Waals surface area contributed by atoms with E-state index in [2.05, 4.69) is 7.85 Å². The zero-order chi connectivity index (χ0) is 31.5. The van der Waals surface area contributed by atoms with Crippen molar-refractivity contribution in [1.82, 2.24) is 0 Å². The molecule has 0 aliphatic heterocycles. The van der Waals surface area contributed by atoms with Crippen LogP contribution in [0, 0.1) is 20.8 Å². The van der Waals surface area contributed by atoms with Gasteiger partial charge in [-0.1, -0.05) is 117 Å². The SMILES string of the molecule is Cc1ccc(C(C)CC(N)=O)cc1.Cc1ccc([C@@H](C)CC(N)=O)cc1.Cc1ccc([C@H](C)CC(N)=O)cc1.[B].[B]C.[HH].[HH].[Y]. The number of hydrogen-bond donors (Lipinski definition) is 3. The molecule has 1 unspecified atom stereocenters. The molecule has 0 aliphatic carbocycles. The Morgan fingerprint density at radius 1 is 0.535 bits per heavy atom. The van der Waals surface area contributed by atoms with Crippen LogP contribution in [0.4, 0.5) is 0 Å². The molecule has 0 aliphatic rings. The topological polar surface area (TPSA) is 129 Å². The molecule has 3 aromatic carbocycles. The number of carbonyl (C=O) groups excluding carboxylic acids is 3. The van der Waals surface area contributed by atoms with E-state index < -0.39 is 0 Å². The maximum absolute atomic E-state index is 10.7. The van der Waals surface area contributed by atoms with E-state index in [4.69, 9.17) is 17.2 Å². The van der Waals surface area contributed by atoms with Crippen LogP contribution in [0.5, 0.6) is 0 Å². The molecular formula is C34H52B2N3O3Y. The number of carbonyl (C=O) groups is 3. The summed E-state index contributed by atoms with van der Waals surface area (Å²) in [4.78, 5) is 32.0. The number of primary amides is 3. The second-order valence-electron chi connectivity index (χ2n) is 10.4. The zero-order valence-corrected chi connectivity index (χ0v) is 29.8. The molecule has 0 spiro atoms. The zero-order valence-electron chi connectivity index (χ0n) is 27.0. The fraction of sp³-hybridized carbons (Fsp3) is 0.382. The number of rotatable bonds is 9. The van der Waals surface area contributed by atoms with Crippen molar-refractivity contribution in [3.8, 4) is 0 Å². The van der Waals surface area contributed by atoms with Gasteiger partial charge in [0.15, 0.2) is 0 Å². The van der Waals surface area contributed by atoms with Crippen LogP contribution in [-0.2, 0) is 47.1 Å². The first-order valence-electron chi connectivity index (χ1n) is 13.9. The first kappa shape index (κ1) is 44.7. The Labute approximate surface area is 291 Å². The van der Waals surface area contributed by atoms with Gasteiger partial charge in [-0.2, -0.15) is 0 Å². The van der Waals surface area contributed by atoms with Crippen molar-refractivity contribution in [3.63, 3.8) is 0 Å². The van der Waals surface area contributed by atoms with Gasteiger partial charge in [0.2, 0.25) is 17.7 Å². The van der Waals surface area contributed by atoms with Gasteiger partial charge in [-0.3, -0.25) is 14.4 Å². The van der Waals surface area contributed by atoms with Gasteiger partial charge in [0.05, 0.1) is 7.85 Å². The molecule has 0 aromatic heterocycles. The van der Waals surface area contributed by atoms with Gasteiger partial charge in [-0.25, -0.2) is 0 Å². The predicted molar refractivity (Wildman–Crippen MR) is 182 cm³/mol. The van der Waals surface area contributed by atoms with Gasteiger partial charge in [-0.05, 0) is 55.2 Å². The largest absolute Gasteiger partial charge is 0.370 e. The number of nitrogens with two attached hydrogens (primary N) is 3. The van der Waals surface area contributed by atoms with E-state index in [0.29, 0.717) is 19.3 Å². The first-order chi connectivity index (χ1) is 19.3. The summed E-state index contributed by atoms with van der Waals surface area (Å²) < 4.78 is 0. The second-order valence-corrected chi connectivity index (χ2v) is 10.4. The maximum atomic E-state index is 10.7. The Bertz CT molecular complexity index is 1050. The van der Waals surface area contributed by atoms with Crippen LogP contribution in [0.25, 0.3) is 0 Å². The van der Waals surface area contributed by atoms with Gasteiger partial charge in [0.25, 0.3) is 0 Å². The normalized spacial score (nSPS) is 11.4. The molecule has 0 saturated heterocycles. The summed E-state index contributed by atoms with van der Waals surface area (Å²) in [5.74, 6) is -0.0662. The minimum Gasteiger partial charge on any atom is -0.370 e. The molecule has 6 nitrogen and oxygen atoms in total. The van der Waals surface area contributed by atoms with Gasteiger partial charge in [0, 0.05) is 63.2 Å². The molecule has 0 saturated carbocycles. The van der Waals surface area contributed by atoms with Crippen LogP contribution >= 0.6 is 0 Å². The maximum Gasteiger partial charge on any atom is 0.218 e. The Kier molecular flexibility index (Phi) is 25.7. The van der Waals surface area contributed by atoms with Crippen molar-refractivity contribution < 1.29 is 49.9 Å². The van der Waals surface area contributed by atoms with Crippen LogP contribution in [0.2, 0.25) is 6.82 Å². The Balaban J connectivity index is -0.000000166. The predicted octanol–water partition coefficient (Wildman–Crippen LogP) is 6.23. The summed E-state index contributed by atoms with van der Waals surface area (Å²) in [6.45, 7) is 13.7. The number of benzene rings is 3. The van der Waals surface area contributed by atoms with Crippen molar-refractivity contribution in [3.05, 3.63) is 106 Å². The minimum absolute atomic E-state index is 0. The first-order valence-corrected chi connectivity index (χ1v) is 13.9. The summed E-state index contributed by atoms with van der Waals surface area (Å²) in [5.41, 5.74) is 22.6. The fourth-order valence-electron chi connectivity index (χ4n) is 3.94. The number of aryl methyl sites for hydroxylation is 3. The number of hydrogen-bond acceptors (Lipinski definition) is 3. The summed E-state index contributed by atoms with van der Waals surface area (Å²) >= 11 is 0. The monoisotopic (exact) mass is 661 g/mol. The molecule has 0 heterocycles. The molecule has 6 N–H and O–H groups in total. The molecule has 230 valence electrons.